The molecular formula is C20H28ClN3O2. The first kappa shape index (κ1) is 20.4. The van der Waals surface area contributed by atoms with E-state index in [2.05, 4.69) is 44.8 Å². The van der Waals surface area contributed by atoms with Crippen LogP contribution >= 0.6 is 11.6 Å². The van der Waals surface area contributed by atoms with Gasteiger partial charge in [-0.1, -0.05) is 56.6 Å². The van der Waals surface area contributed by atoms with E-state index in [0.717, 1.165) is 12.0 Å². The van der Waals surface area contributed by atoms with Crippen molar-refractivity contribution in [1.29, 1.82) is 0 Å². The minimum absolute atomic E-state index is 0.0347. The van der Waals surface area contributed by atoms with Gasteiger partial charge in [-0.2, -0.15) is 4.98 Å². The number of amides is 1. The van der Waals surface area contributed by atoms with Gasteiger partial charge in [-0.05, 0) is 30.9 Å². The molecule has 0 spiro atoms. The number of aromatic nitrogens is 2. The molecule has 0 saturated heterocycles. The molecule has 1 aromatic carbocycles. The molecule has 1 atom stereocenters. The predicted octanol–water partition coefficient (Wildman–Crippen LogP) is 5.00. The highest BCUT2D eigenvalue weighted by molar-refractivity contribution is 6.30. The highest BCUT2D eigenvalue weighted by Gasteiger charge is 2.24. The van der Waals surface area contributed by atoms with E-state index >= 15 is 0 Å². The molecule has 1 aromatic heterocycles. The molecule has 2 rings (SSSR count). The van der Waals surface area contributed by atoms with Gasteiger partial charge in [-0.15, -0.1) is 0 Å². The zero-order valence-corrected chi connectivity index (χ0v) is 17.0. The summed E-state index contributed by atoms with van der Waals surface area (Å²) >= 11 is 6.01. The molecule has 142 valence electrons. The van der Waals surface area contributed by atoms with Crippen LogP contribution in [0.2, 0.25) is 5.02 Å². The van der Waals surface area contributed by atoms with E-state index in [1.54, 1.807) is 12.1 Å². The average Bonchev–Trinajstić information content (AvgIpc) is 3.02. The van der Waals surface area contributed by atoms with Crippen LogP contribution in [0, 0.1) is 5.41 Å². The van der Waals surface area contributed by atoms with Gasteiger partial charge in [0.1, 0.15) is 0 Å². The Kier molecular flexibility index (Phi) is 6.81. The number of benzene rings is 1. The first-order valence-electron chi connectivity index (χ1n) is 9.07. The maximum absolute atomic E-state index is 12.7. The van der Waals surface area contributed by atoms with Gasteiger partial charge in [0.15, 0.2) is 0 Å². The maximum atomic E-state index is 12.7. The van der Waals surface area contributed by atoms with Crippen molar-refractivity contribution in [3.63, 3.8) is 0 Å². The Bertz CT molecular complexity index is 737. The molecule has 1 unspecified atom stereocenters. The molecule has 0 aliphatic rings. The molecule has 1 amide bonds. The smallest absolute Gasteiger partial charge is 0.228 e. The van der Waals surface area contributed by atoms with Gasteiger partial charge in [0, 0.05) is 36.0 Å². The van der Waals surface area contributed by atoms with Crippen molar-refractivity contribution >= 4 is 17.5 Å². The normalized spacial score (nSPS) is 12.8. The molecular weight excluding hydrogens is 350 g/mol. The molecule has 0 saturated carbocycles. The lowest BCUT2D eigenvalue weighted by molar-refractivity contribution is -0.135. The summed E-state index contributed by atoms with van der Waals surface area (Å²) in [6.07, 6.45) is 1.97. The number of hydrogen-bond donors (Lipinski definition) is 0. The molecule has 0 radical (unpaired) electrons. The second-order valence-corrected chi connectivity index (χ2v) is 8.29. The van der Waals surface area contributed by atoms with E-state index in [4.69, 9.17) is 16.1 Å². The second kappa shape index (κ2) is 8.67. The van der Waals surface area contributed by atoms with Crippen molar-refractivity contribution in [2.75, 3.05) is 6.54 Å². The van der Waals surface area contributed by atoms with Crippen LogP contribution in [0.25, 0.3) is 11.4 Å². The fourth-order valence-electron chi connectivity index (χ4n) is 2.68. The maximum Gasteiger partial charge on any atom is 0.228 e. The number of nitrogens with zero attached hydrogens (tertiary/aromatic N) is 3. The topological polar surface area (TPSA) is 59.2 Å². The van der Waals surface area contributed by atoms with Crippen LogP contribution in [-0.4, -0.2) is 33.5 Å². The summed E-state index contributed by atoms with van der Waals surface area (Å²) in [6.45, 7) is 11.0. The molecule has 2 aromatic rings. The average molecular weight is 378 g/mol. The van der Waals surface area contributed by atoms with E-state index in [1.807, 2.05) is 17.0 Å². The number of rotatable bonds is 7. The molecule has 0 aliphatic heterocycles. The van der Waals surface area contributed by atoms with Crippen LogP contribution in [0.5, 0.6) is 0 Å². The lowest BCUT2D eigenvalue weighted by atomic mass is 9.91. The Morgan fingerprint density at radius 1 is 1.35 bits per heavy atom. The molecule has 0 aliphatic carbocycles. The first-order chi connectivity index (χ1) is 12.2. The Morgan fingerprint density at radius 3 is 2.69 bits per heavy atom. The SMILES string of the molecule is CCC(C)N(CCc1nc(-c2cccc(Cl)c2)no1)C(=O)CC(C)(C)C. The third kappa shape index (κ3) is 5.84. The van der Waals surface area contributed by atoms with E-state index in [-0.39, 0.29) is 17.4 Å². The highest BCUT2D eigenvalue weighted by atomic mass is 35.5. The van der Waals surface area contributed by atoms with Crippen LogP contribution in [0.4, 0.5) is 0 Å². The van der Waals surface area contributed by atoms with Gasteiger partial charge in [-0.3, -0.25) is 4.79 Å². The monoisotopic (exact) mass is 377 g/mol. The number of carbonyl (C=O) groups is 1. The van der Waals surface area contributed by atoms with E-state index < -0.39 is 0 Å². The Labute approximate surface area is 160 Å². The van der Waals surface area contributed by atoms with E-state index in [1.165, 1.54) is 0 Å². The molecule has 0 fully saturated rings. The third-order valence-electron chi connectivity index (χ3n) is 4.24. The van der Waals surface area contributed by atoms with Crippen molar-refractivity contribution in [2.45, 2.75) is 59.9 Å². The van der Waals surface area contributed by atoms with Crippen LogP contribution in [-0.2, 0) is 11.2 Å². The second-order valence-electron chi connectivity index (χ2n) is 7.85. The van der Waals surface area contributed by atoms with Crippen molar-refractivity contribution in [3.05, 3.63) is 35.2 Å². The van der Waals surface area contributed by atoms with Gasteiger partial charge < -0.3 is 9.42 Å². The summed E-state index contributed by atoms with van der Waals surface area (Å²) in [5.41, 5.74) is 0.780. The van der Waals surface area contributed by atoms with E-state index in [0.29, 0.717) is 36.1 Å². The summed E-state index contributed by atoms with van der Waals surface area (Å²) in [6, 6.07) is 7.52. The van der Waals surface area contributed by atoms with Gasteiger partial charge in [0.05, 0.1) is 0 Å². The minimum Gasteiger partial charge on any atom is -0.339 e. The van der Waals surface area contributed by atoms with Gasteiger partial charge in [0.2, 0.25) is 17.6 Å². The van der Waals surface area contributed by atoms with Crippen molar-refractivity contribution in [1.82, 2.24) is 15.0 Å². The Morgan fingerprint density at radius 2 is 2.08 bits per heavy atom. The summed E-state index contributed by atoms with van der Waals surface area (Å²) in [4.78, 5) is 19.1. The van der Waals surface area contributed by atoms with Crippen molar-refractivity contribution in [2.24, 2.45) is 5.41 Å². The molecule has 6 heteroatoms. The number of carbonyl (C=O) groups excluding carboxylic acids is 1. The minimum atomic E-state index is -0.0347. The van der Waals surface area contributed by atoms with Gasteiger partial charge >= 0.3 is 0 Å². The first-order valence-corrected chi connectivity index (χ1v) is 9.45. The van der Waals surface area contributed by atoms with Crippen LogP contribution in [0.3, 0.4) is 0 Å². The zero-order chi connectivity index (χ0) is 19.3. The van der Waals surface area contributed by atoms with E-state index in [9.17, 15) is 4.79 Å². The molecule has 1 heterocycles. The van der Waals surface area contributed by atoms with Crippen LogP contribution in [0.1, 0.15) is 53.4 Å². The molecule has 0 bridgehead atoms. The lowest BCUT2D eigenvalue weighted by Crippen LogP contribution is -2.41. The highest BCUT2D eigenvalue weighted by Crippen LogP contribution is 2.22. The molecule has 26 heavy (non-hydrogen) atoms. The standard InChI is InChI=1S/C20H28ClN3O2/c1-6-14(2)24(18(25)13-20(3,4)5)11-10-17-22-19(23-26-17)15-8-7-9-16(21)12-15/h7-9,12,14H,6,10-11,13H2,1-5H3. The largest absolute Gasteiger partial charge is 0.339 e. The fraction of sp³-hybridized carbons (Fsp3) is 0.550. The van der Waals surface area contributed by atoms with Crippen molar-refractivity contribution in [3.8, 4) is 11.4 Å². The van der Waals surface area contributed by atoms with Gasteiger partial charge in [-0.25, -0.2) is 0 Å². The Hall–Kier alpha value is -1.88. The molecule has 5 nitrogen and oxygen atoms in total. The lowest BCUT2D eigenvalue weighted by Gasteiger charge is -2.31. The van der Waals surface area contributed by atoms with Crippen LogP contribution < -0.4 is 0 Å². The van der Waals surface area contributed by atoms with Crippen molar-refractivity contribution < 1.29 is 9.32 Å². The summed E-state index contributed by atoms with van der Waals surface area (Å²) in [5.74, 6) is 1.21. The summed E-state index contributed by atoms with van der Waals surface area (Å²) in [5, 5.41) is 4.66. The van der Waals surface area contributed by atoms with Gasteiger partial charge in [0.25, 0.3) is 0 Å². The number of halogens is 1. The fourth-order valence-corrected chi connectivity index (χ4v) is 2.87. The number of hydrogen-bond acceptors (Lipinski definition) is 4. The molecule has 0 N–H and O–H groups in total. The summed E-state index contributed by atoms with van der Waals surface area (Å²) < 4.78 is 5.36. The summed E-state index contributed by atoms with van der Waals surface area (Å²) in [7, 11) is 0. The quantitative estimate of drug-likeness (QED) is 0.681. The third-order valence-corrected chi connectivity index (χ3v) is 4.48. The van der Waals surface area contributed by atoms with Crippen LogP contribution in [0.15, 0.2) is 28.8 Å². The zero-order valence-electron chi connectivity index (χ0n) is 16.3. The Balaban J connectivity index is 2.06. The predicted molar refractivity (Wildman–Crippen MR) is 104 cm³/mol.